The van der Waals surface area contributed by atoms with E-state index in [1.54, 1.807) is 7.11 Å². The molecule has 0 saturated carbocycles. The molecule has 11 heteroatoms. The van der Waals surface area contributed by atoms with Gasteiger partial charge in [-0.15, -0.1) is 0 Å². The Kier molecular flexibility index (Phi) is 11.3. The van der Waals surface area contributed by atoms with E-state index in [-0.39, 0.29) is 0 Å². The van der Waals surface area contributed by atoms with Gasteiger partial charge in [-0.1, -0.05) is 140 Å². The van der Waals surface area contributed by atoms with Crippen LogP contribution in [0.25, 0.3) is 0 Å². The van der Waals surface area contributed by atoms with Crippen LogP contribution in [-0.4, -0.2) is 93.9 Å². The Hall–Kier alpha value is -4.34. The van der Waals surface area contributed by atoms with Crippen molar-refractivity contribution < 1.29 is 52.1 Å². The van der Waals surface area contributed by atoms with E-state index in [1.165, 1.54) is 0 Å². The molecule has 5 heterocycles. The minimum Gasteiger partial charge on any atom is -0.374 e. The fraction of sp³-hybridized carbons (Fsp3) is 0.423. The molecular weight excluding hydrogens is 801 g/mol. The van der Waals surface area contributed by atoms with Crippen molar-refractivity contribution in [1.82, 2.24) is 0 Å². The summed E-state index contributed by atoms with van der Waals surface area (Å²) in [7, 11) is 1.64. The van der Waals surface area contributed by atoms with Gasteiger partial charge in [0.2, 0.25) is 0 Å². The molecular formula is C52H54O11. The number of fused-ring (bicyclic) bond motifs is 8. The first-order chi connectivity index (χ1) is 30.9. The Morgan fingerprint density at radius 1 is 0.603 bits per heavy atom. The van der Waals surface area contributed by atoms with Crippen LogP contribution >= 0.6 is 0 Å². The summed E-state index contributed by atoms with van der Waals surface area (Å²) in [5.74, 6) is -0.883. The van der Waals surface area contributed by atoms with E-state index >= 15 is 0 Å². The van der Waals surface area contributed by atoms with Crippen molar-refractivity contribution in [1.29, 1.82) is 0 Å². The van der Waals surface area contributed by atoms with Crippen LogP contribution in [0.5, 0.6) is 0 Å². The summed E-state index contributed by atoms with van der Waals surface area (Å²) >= 11 is 0. The Balaban J connectivity index is 0.917. The first-order valence-corrected chi connectivity index (χ1v) is 22.1. The van der Waals surface area contributed by atoms with Gasteiger partial charge < -0.3 is 52.1 Å². The van der Waals surface area contributed by atoms with Crippen molar-refractivity contribution >= 4 is 0 Å². The maximum absolute atomic E-state index is 7.36. The largest absolute Gasteiger partial charge is 0.374 e. The molecule has 63 heavy (non-hydrogen) atoms. The highest BCUT2D eigenvalue weighted by Gasteiger charge is 2.65. The highest BCUT2D eigenvalue weighted by molar-refractivity contribution is 5.58. The zero-order valence-corrected chi connectivity index (χ0v) is 35.7. The molecule has 5 aliphatic heterocycles. The second kappa shape index (κ2) is 17.2. The van der Waals surface area contributed by atoms with E-state index in [1.807, 2.05) is 92.7 Å². The van der Waals surface area contributed by atoms with Gasteiger partial charge in [0.05, 0.1) is 38.4 Å². The molecule has 0 unspecified atom stereocenters. The third-order valence-corrected chi connectivity index (χ3v) is 13.5. The van der Waals surface area contributed by atoms with Gasteiger partial charge in [0.25, 0.3) is 0 Å². The summed E-state index contributed by atoms with van der Waals surface area (Å²) < 4.78 is 74.0. The molecule has 0 radical (unpaired) electrons. The molecule has 0 amide bonds. The molecule has 0 N–H and O–H groups in total. The van der Waals surface area contributed by atoms with Gasteiger partial charge in [0.15, 0.2) is 18.4 Å². The molecule has 328 valence electrons. The number of hydrogen-bond acceptors (Lipinski definition) is 11. The molecule has 1 spiro atoms. The molecule has 5 aromatic carbocycles. The third-order valence-electron chi connectivity index (χ3n) is 13.5. The van der Waals surface area contributed by atoms with Gasteiger partial charge in [0.1, 0.15) is 61.0 Å². The Bertz CT molecular complexity index is 2280. The van der Waals surface area contributed by atoms with E-state index in [0.29, 0.717) is 33.0 Å². The fourth-order valence-electron chi connectivity index (χ4n) is 10.7. The Labute approximate surface area is 368 Å². The van der Waals surface area contributed by atoms with E-state index in [0.717, 1.165) is 38.9 Å². The van der Waals surface area contributed by atoms with E-state index in [2.05, 4.69) is 60.7 Å². The van der Waals surface area contributed by atoms with Crippen LogP contribution in [0.1, 0.15) is 65.2 Å². The smallest absolute Gasteiger partial charge is 0.186 e. The quantitative estimate of drug-likeness (QED) is 0.131. The predicted molar refractivity (Wildman–Crippen MR) is 229 cm³/mol. The first-order valence-electron chi connectivity index (χ1n) is 22.1. The number of ether oxygens (including phenoxy) is 11. The molecule has 5 saturated heterocycles. The lowest BCUT2D eigenvalue weighted by Gasteiger charge is -2.52. The molecule has 5 aromatic rings. The lowest BCUT2D eigenvalue weighted by molar-refractivity contribution is -0.331. The van der Waals surface area contributed by atoms with Crippen LogP contribution in [-0.2, 0) is 70.7 Å². The average molecular weight is 855 g/mol. The van der Waals surface area contributed by atoms with Crippen LogP contribution in [0.15, 0.2) is 140 Å². The summed E-state index contributed by atoms with van der Waals surface area (Å²) in [6.45, 7) is 5.69. The molecule has 1 aliphatic carbocycles. The maximum atomic E-state index is 7.36. The Morgan fingerprint density at radius 2 is 1.22 bits per heavy atom. The highest BCUT2D eigenvalue weighted by Crippen LogP contribution is 2.57. The standard InChI is InChI=1S/C52H54O11/c1-51(2)62-43-39(29-54-27-32-17-7-4-8-18-32)59-50(53-3)47(45(43)63-51)60-41-35-23-13-15-25-37(35)52(38-26-16-14-24-36(38)41)31-57-46-44(55-28-33-19-9-5-10-20-33)42-40(58-48(46)52)30-56-49(61-42)34-21-11-6-12-22-34/h4-26,39-50H,27-31H2,1-3H3/t39-,40-,41?,42-,43+,44+,45+,46-,47-,48-,49-,50+,52?/m1/s1. The van der Waals surface area contributed by atoms with Crippen LogP contribution in [0.3, 0.4) is 0 Å². The molecule has 11 nitrogen and oxygen atoms in total. The third kappa shape index (κ3) is 7.57. The van der Waals surface area contributed by atoms with Crippen LogP contribution < -0.4 is 0 Å². The second-order valence-electron chi connectivity index (χ2n) is 17.8. The topological polar surface area (TPSA) is 102 Å². The number of hydrogen-bond donors (Lipinski definition) is 0. The number of benzene rings is 5. The van der Waals surface area contributed by atoms with Gasteiger partial charge >= 0.3 is 0 Å². The van der Waals surface area contributed by atoms with Crippen LogP contribution in [0.2, 0.25) is 0 Å². The van der Waals surface area contributed by atoms with Crippen LogP contribution in [0, 0.1) is 0 Å². The Morgan fingerprint density at radius 3 is 1.90 bits per heavy atom. The van der Waals surface area contributed by atoms with Crippen molar-refractivity contribution in [3.63, 3.8) is 0 Å². The molecule has 11 rings (SSSR count). The zero-order chi connectivity index (χ0) is 42.5. The van der Waals surface area contributed by atoms with E-state index in [4.69, 9.17) is 52.1 Å². The SMILES string of the molecule is CO[C@H]1O[C@H](COCc2ccccc2)[C@@H]2OC(C)(C)O[C@@H]2[C@H]1OC1c2ccccc2C2(CO[C@@H]3[C@@H](OCc4ccccc4)[C@@H]4O[C@H](c5ccccc5)OC[C@H]4O[C@H]32)c2ccccc21. The van der Waals surface area contributed by atoms with Crippen molar-refractivity contribution in [2.24, 2.45) is 0 Å². The van der Waals surface area contributed by atoms with Crippen LogP contribution in [0.4, 0.5) is 0 Å². The summed E-state index contributed by atoms with van der Waals surface area (Å²) in [6.07, 6.45) is -6.13. The minimum atomic E-state index is -0.883. The predicted octanol–water partition coefficient (Wildman–Crippen LogP) is 7.73. The highest BCUT2D eigenvalue weighted by atomic mass is 16.8. The lowest BCUT2D eigenvalue weighted by atomic mass is 9.62. The molecule has 5 fully saturated rings. The molecule has 0 aromatic heterocycles. The molecule has 6 aliphatic rings. The van der Waals surface area contributed by atoms with E-state index in [9.17, 15) is 0 Å². The van der Waals surface area contributed by atoms with Gasteiger partial charge in [-0.05, 0) is 47.2 Å². The van der Waals surface area contributed by atoms with E-state index < -0.39 is 84.8 Å². The number of methoxy groups -OCH3 is 1. The van der Waals surface area contributed by atoms with Gasteiger partial charge in [0, 0.05) is 12.7 Å². The lowest BCUT2D eigenvalue weighted by Crippen LogP contribution is -2.64. The van der Waals surface area contributed by atoms with Gasteiger partial charge in [-0.25, -0.2) is 0 Å². The number of rotatable bonds is 11. The first kappa shape index (κ1) is 41.4. The van der Waals surface area contributed by atoms with Crippen molar-refractivity contribution in [2.75, 3.05) is 26.9 Å². The fourth-order valence-corrected chi connectivity index (χ4v) is 10.7. The minimum absolute atomic E-state index is 0.295. The average Bonchev–Trinajstić information content (AvgIpc) is 3.87. The summed E-state index contributed by atoms with van der Waals surface area (Å²) in [5.41, 5.74) is 6.53. The monoisotopic (exact) mass is 854 g/mol. The molecule has 0 bridgehead atoms. The van der Waals surface area contributed by atoms with Crippen molar-refractivity contribution in [2.45, 2.75) is 112 Å². The summed E-state index contributed by atoms with van der Waals surface area (Å²) in [6, 6.07) is 47.3. The molecule has 11 atom stereocenters. The summed E-state index contributed by atoms with van der Waals surface area (Å²) in [4.78, 5) is 0. The maximum Gasteiger partial charge on any atom is 0.186 e. The zero-order valence-electron chi connectivity index (χ0n) is 35.7. The normalized spacial score (nSPS) is 35.0. The van der Waals surface area contributed by atoms with Crippen molar-refractivity contribution in [3.05, 3.63) is 178 Å². The second-order valence-corrected chi connectivity index (χ2v) is 17.8. The summed E-state index contributed by atoms with van der Waals surface area (Å²) in [5, 5.41) is 0. The van der Waals surface area contributed by atoms with Gasteiger partial charge in [-0.3, -0.25) is 0 Å². The van der Waals surface area contributed by atoms with Crippen molar-refractivity contribution in [3.8, 4) is 0 Å². The van der Waals surface area contributed by atoms with Gasteiger partial charge in [-0.2, -0.15) is 0 Å².